The molecule has 3 aromatic rings. The zero-order chi connectivity index (χ0) is 32.7. The van der Waals surface area contributed by atoms with E-state index in [1.54, 1.807) is 11.1 Å². The number of amides is 2. The van der Waals surface area contributed by atoms with E-state index in [-0.39, 0.29) is 31.0 Å². The van der Waals surface area contributed by atoms with E-state index >= 15 is 0 Å². The number of Topliss-reactive ketones (excluding diaryl/α,β-unsaturated/α-hetero) is 1. The third kappa shape index (κ3) is 11.6. The first kappa shape index (κ1) is 35.7. The number of ketones is 1. The molecule has 0 fully saturated rings. The number of carbonyl (C=O) groups is 3. The number of para-hydroxylation sites is 1. The molecule has 0 spiro atoms. The monoisotopic (exact) mass is 619 g/mol. The first-order chi connectivity index (χ1) is 21.7. The van der Waals surface area contributed by atoms with Crippen LogP contribution in [0.15, 0.2) is 66.9 Å². The number of aromatic nitrogens is 1. The van der Waals surface area contributed by atoms with Gasteiger partial charge in [-0.05, 0) is 42.5 Å². The topological polar surface area (TPSA) is 183 Å². The molecule has 3 rings (SSSR count). The molecule has 2 atom stereocenters. The van der Waals surface area contributed by atoms with Crippen molar-refractivity contribution in [3.63, 3.8) is 0 Å². The normalized spacial score (nSPS) is 12.9. The summed E-state index contributed by atoms with van der Waals surface area (Å²) >= 11 is 0. The van der Waals surface area contributed by atoms with Gasteiger partial charge in [0.15, 0.2) is 5.78 Å². The van der Waals surface area contributed by atoms with Gasteiger partial charge in [0.1, 0.15) is 0 Å². The Morgan fingerprint density at radius 1 is 0.867 bits per heavy atom. The number of hydrogen-bond acceptors (Lipinski definition) is 8. The number of carbonyl (C=O) groups excluding carboxylic acids is 3. The van der Waals surface area contributed by atoms with Gasteiger partial charge in [0, 0.05) is 50.6 Å². The van der Waals surface area contributed by atoms with Crippen LogP contribution in [0.4, 0.5) is 0 Å². The summed E-state index contributed by atoms with van der Waals surface area (Å²) in [5.74, 6) is -0.687. The van der Waals surface area contributed by atoms with Crippen LogP contribution in [0.1, 0.15) is 30.4 Å². The van der Waals surface area contributed by atoms with Crippen LogP contribution in [0, 0.1) is 0 Å². The van der Waals surface area contributed by atoms with Crippen LogP contribution < -0.4 is 28.3 Å². The lowest BCUT2D eigenvalue weighted by molar-refractivity contribution is -0.906. The number of rotatable bonds is 20. The maximum absolute atomic E-state index is 13.5. The third-order valence-corrected chi connectivity index (χ3v) is 8.30. The Balaban J connectivity index is 1.62. The van der Waals surface area contributed by atoms with E-state index < -0.39 is 18.0 Å². The highest BCUT2D eigenvalue weighted by molar-refractivity contribution is 5.92. The molecule has 45 heavy (non-hydrogen) atoms. The number of fused-ring (bicyclic) bond motifs is 1. The van der Waals surface area contributed by atoms with Crippen molar-refractivity contribution < 1.29 is 18.9 Å². The number of hydrogen-bond donors (Lipinski definition) is 5. The molecule has 0 radical (unpaired) electrons. The maximum atomic E-state index is 13.5. The molecule has 11 heteroatoms. The summed E-state index contributed by atoms with van der Waals surface area (Å²) in [5.41, 5.74) is 26.4. The smallest absolute Gasteiger partial charge is 0.237 e. The molecule has 2 aromatic carbocycles. The van der Waals surface area contributed by atoms with Crippen LogP contribution in [-0.4, -0.2) is 103 Å². The second-order valence-electron chi connectivity index (χ2n) is 11.9. The summed E-state index contributed by atoms with van der Waals surface area (Å²) in [4.78, 5) is 46.1. The van der Waals surface area contributed by atoms with Gasteiger partial charge in [-0.3, -0.25) is 19.4 Å². The van der Waals surface area contributed by atoms with E-state index in [0.717, 1.165) is 35.1 Å². The Hall–Kier alpha value is -3.74. The van der Waals surface area contributed by atoms with E-state index in [4.69, 9.17) is 22.9 Å². The minimum Gasteiger partial charge on any atom is -0.345 e. The van der Waals surface area contributed by atoms with E-state index in [1.807, 2.05) is 60.7 Å². The highest BCUT2D eigenvalue weighted by Gasteiger charge is 2.26. The highest BCUT2D eigenvalue weighted by atomic mass is 16.2. The van der Waals surface area contributed by atoms with Gasteiger partial charge in [-0.15, -0.1) is 0 Å². The van der Waals surface area contributed by atoms with Crippen LogP contribution in [0.5, 0.6) is 0 Å². The third-order valence-electron chi connectivity index (χ3n) is 8.30. The lowest BCUT2D eigenvalue weighted by atomic mass is 9.97. The SMILES string of the molecule is C[N+](CCN)(CCN)CCN(CCN)C(=O)CC[C@H](N)C(=O)N[C@@H](CCc1ccccc1)C(=O)Cc1cnc2ccccc2c1. The molecule has 0 saturated heterocycles. The van der Waals surface area contributed by atoms with Crippen molar-refractivity contribution in [3.8, 4) is 0 Å². The van der Waals surface area contributed by atoms with Crippen molar-refractivity contribution in [2.75, 3.05) is 59.4 Å². The van der Waals surface area contributed by atoms with Gasteiger partial charge >= 0.3 is 0 Å². The zero-order valence-corrected chi connectivity index (χ0v) is 26.6. The largest absolute Gasteiger partial charge is 0.345 e. The number of nitrogens with one attached hydrogen (secondary N) is 1. The number of likely N-dealkylation sites (N-methyl/N-ethyl adjacent to an activating group) is 1. The van der Waals surface area contributed by atoms with Gasteiger partial charge in [0.2, 0.25) is 11.8 Å². The summed E-state index contributed by atoms with van der Waals surface area (Å²) in [6.07, 6.45) is 3.11. The predicted octanol–water partition coefficient (Wildman–Crippen LogP) is 0.723. The predicted molar refractivity (Wildman–Crippen MR) is 179 cm³/mol. The second kappa shape index (κ2) is 18.3. The lowest BCUT2D eigenvalue weighted by Crippen LogP contribution is -2.54. The Labute approximate surface area is 266 Å². The number of nitrogens with zero attached hydrogens (tertiary/aromatic N) is 3. The van der Waals surface area contributed by atoms with Gasteiger partial charge < -0.3 is 37.6 Å². The molecule has 11 nitrogen and oxygen atoms in total. The number of quaternary nitrogens is 1. The van der Waals surface area contributed by atoms with Crippen LogP contribution in [0.2, 0.25) is 0 Å². The van der Waals surface area contributed by atoms with Crippen molar-refractivity contribution in [1.82, 2.24) is 15.2 Å². The first-order valence-corrected chi connectivity index (χ1v) is 15.9. The molecule has 1 aromatic heterocycles. The van der Waals surface area contributed by atoms with E-state index in [2.05, 4.69) is 17.3 Å². The molecule has 0 aliphatic heterocycles. The Bertz CT molecular complexity index is 1360. The van der Waals surface area contributed by atoms with Crippen LogP contribution in [0.25, 0.3) is 10.9 Å². The molecule has 0 aliphatic rings. The van der Waals surface area contributed by atoms with Crippen molar-refractivity contribution in [3.05, 3.63) is 78.0 Å². The molecule has 0 aliphatic carbocycles. The fourth-order valence-corrected chi connectivity index (χ4v) is 5.49. The number of benzene rings is 2. The molecule has 0 unspecified atom stereocenters. The average molecular weight is 620 g/mol. The summed E-state index contributed by atoms with van der Waals surface area (Å²) in [5, 5.41) is 3.84. The Morgan fingerprint density at radius 3 is 2.24 bits per heavy atom. The van der Waals surface area contributed by atoms with Crippen LogP contribution in [0.3, 0.4) is 0 Å². The quantitative estimate of drug-likeness (QED) is 0.115. The van der Waals surface area contributed by atoms with Crippen molar-refractivity contribution in [2.24, 2.45) is 22.9 Å². The van der Waals surface area contributed by atoms with E-state index in [9.17, 15) is 14.4 Å². The number of nitrogens with two attached hydrogens (primary N) is 4. The number of aryl methyl sites for hydroxylation is 1. The Kier molecular flexibility index (Phi) is 14.5. The van der Waals surface area contributed by atoms with Gasteiger partial charge in [0.25, 0.3) is 0 Å². The van der Waals surface area contributed by atoms with Gasteiger partial charge in [0.05, 0.1) is 50.8 Å². The number of pyridine rings is 1. The average Bonchev–Trinajstić information content (AvgIpc) is 3.04. The molecule has 244 valence electrons. The van der Waals surface area contributed by atoms with E-state index in [1.165, 1.54) is 0 Å². The second-order valence-corrected chi connectivity index (χ2v) is 11.9. The first-order valence-electron chi connectivity index (χ1n) is 15.9. The molecule has 0 saturated carbocycles. The molecule has 1 heterocycles. The van der Waals surface area contributed by atoms with Crippen molar-refractivity contribution >= 4 is 28.5 Å². The van der Waals surface area contributed by atoms with Crippen LogP contribution >= 0.6 is 0 Å². The fourth-order valence-electron chi connectivity index (χ4n) is 5.49. The summed E-state index contributed by atoms with van der Waals surface area (Å²) in [6.45, 7) is 4.51. The lowest BCUT2D eigenvalue weighted by Gasteiger charge is -2.36. The van der Waals surface area contributed by atoms with Gasteiger partial charge in [-0.2, -0.15) is 0 Å². The molecule has 2 amide bonds. The van der Waals surface area contributed by atoms with E-state index in [0.29, 0.717) is 56.6 Å². The minimum absolute atomic E-state index is 0.0947. The highest BCUT2D eigenvalue weighted by Crippen LogP contribution is 2.15. The molecular weight excluding hydrogens is 568 g/mol. The van der Waals surface area contributed by atoms with Crippen LogP contribution in [-0.2, 0) is 27.2 Å². The summed E-state index contributed by atoms with van der Waals surface area (Å²) < 4.78 is 0.664. The van der Waals surface area contributed by atoms with Gasteiger partial charge in [-0.25, -0.2) is 0 Å². The zero-order valence-electron chi connectivity index (χ0n) is 26.6. The molecule has 0 bridgehead atoms. The standard InChI is InChI=1S/C34H50N8O3/c1-42(20-16-36,21-17-37)22-19-41(18-15-35)33(44)14-12-29(38)34(45)40-31(13-11-26-7-3-2-4-8-26)32(43)24-27-23-28-9-5-6-10-30(28)39-25-27/h2-10,23,25,29,31H,11-22,24,35-38H2,1H3/p+1/t29-,31-/m0/s1. The fraction of sp³-hybridized carbons (Fsp3) is 0.471. The van der Waals surface area contributed by atoms with Gasteiger partial charge in [-0.1, -0.05) is 48.5 Å². The molecule has 9 N–H and O–H groups in total. The maximum Gasteiger partial charge on any atom is 0.237 e. The summed E-state index contributed by atoms with van der Waals surface area (Å²) in [7, 11) is 2.08. The Morgan fingerprint density at radius 2 is 1.56 bits per heavy atom. The molecular formula is C34H51N8O3+. The van der Waals surface area contributed by atoms with Crippen molar-refractivity contribution in [2.45, 2.75) is 44.2 Å². The summed E-state index contributed by atoms with van der Waals surface area (Å²) in [6, 6.07) is 17.8. The minimum atomic E-state index is -0.946. The van der Waals surface area contributed by atoms with Crippen molar-refractivity contribution in [1.29, 1.82) is 0 Å².